The van der Waals surface area contributed by atoms with Crippen LogP contribution in [-0.4, -0.2) is 6.61 Å². The fourth-order valence-corrected chi connectivity index (χ4v) is 2.02. The number of ether oxygens (including phenoxy) is 2. The van der Waals surface area contributed by atoms with Gasteiger partial charge in [-0.25, -0.2) is 0 Å². The van der Waals surface area contributed by atoms with E-state index >= 15 is 0 Å². The number of halogens is 6. The van der Waals surface area contributed by atoms with Gasteiger partial charge in [0, 0.05) is 0 Å². The van der Waals surface area contributed by atoms with Gasteiger partial charge in [-0.3, -0.25) is 0 Å². The summed E-state index contributed by atoms with van der Waals surface area (Å²) in [6.07, 6.45) is -4.51. The van der Waals surface area contributed by atoms with Crippen molar-refractivity contribution in [3.05, 3.63) is 58.6 Å². The van der Waals surface area contributed by atoms with E-state index in [4.69, 9.17) is 16.3 Å². The smallest absolute Gasteiger partial charge is 0.416 e. The van der Waals surface area contributed by atoms with Crippen LogP contribution in [0, 0.1) is 0 Å². The maximum Gasteiger partial charge on any atom is 0.416 e. The SMILES string of the molecule is FC(F)Oc1cccc(Cl)c1COc1cccc(C(F)(F)F)c1. The highest BCUT2D eigenvalue weighted by Gasteiger charge is 2.30. The van der Waals surface area contributed by atoms with Crippen LogP contribution >= 0.6 is 11.6 Å². The Balaban J connectivity index is 2.18. The van der Waals surface area contributed by atoms with Gasteiger partial charge in [0.15, 0.2) is 0 Å². The third-order valence-corrected chi connectivity index (χ3v) is 3.19. The van der Waals surface area contributed by atoms with Crippen molar-refractivity contribution in [2.45, 2.75) is 19.4 Å². The van der Waals surface area contributed by atoms with Crippen LogP contribution in [0.25, 0.3) is 0 Å². The van der Waals surface area contributed by atoms with Crippen LogP contribution in [0.15, 0.2) is 42.5 Å². The summed E-state index contributed by atoms with van der Waals surface area (Å²) >= 11 is 5.90. The van der Waals surface area contributed by atoms with Crippen molar-refractivity contribution in [3.63, 3.8) is 0 Å². The molecule has 0 bridgehead atoms. The van der Waals surface area contributed by atoms with Crippen molar-refractivity contribution in [2.75, 3.05) is 0 Å². The van der Waals surface area contributed by atoms with Gasteiger partial charge in [-0.15, -0.1) is 0 Å². The normalized spacial score (nSPS) is 11.6. The minimum absolute atomic E-state index is 0.0669. The Morgan fingerprint density at radius 3 is 2.39 bits per heavy atom. The van der Waals surface area contributed by atoms with Crippen LogP contribution in [-0.2, 0) is 12.8 Å². The van der Waals surface area contributed by atoms with Gasteiger partial charge in [0.05, 0.1) is 16.1 Å². The minimum atomic E-state index is -4.51. The van der Waals surface area contributed by atoms with E-state index in [9.17, 15) is 22.0 Å². The molecule has 0 saturated heterocycles. The van der Waals surface area contributed by atoms with Crippen LogP contribution in [0.4, 0.5) is 22.0 Å². The van der Waals surface area contributed by atoms with E-state index in [-0.39, 0.29) is 28.7 Å². The lowest BCUT2D eigenvalue weighted by Crippen LogP contribution is -2.07. The highest BCUT2D eigenvalue weighted by Crippen LogP contribution is 2.33. The molecule has 0 radical (unpaired) electrons. The van der Waals surface area contributed by atoms with Crippen molar-refractivity contribution in [1.29, 1.82) is 0 Å². The Labute approximate surface area is 133 Å². The molecule has 0 heterocycles. The monoisotopic (exact) mass is 352 g/mol. The van der Waals surface area contributed by atoms with Gasteiger partial charge in [0.1, 0.15) is 18.1 Å². The maximum atomic E-state index is 12.6. The Hall–Kier alpha value is -2.02. The molecule has 0 atom stereocenters. The maximum absolute atomic E-state index is 12.6. The zero-order valence-electron chi connectivity index (χ0n) is 11.4. The molecular formula is C15H10ClF5O2. The van der Waals surface area contributed by atoms with Crippen LogP contribution < -0.4 is 9.47 Å². The van der Waals surface area contributed by atoms with Crippen molar-refractivity contribution in [3.8, 4) is 11.5 Å². The molecule has 2 rings (SSSR count). The Morgan fingerprint density at radius 2 is 1.74 bits per heavy atom. The number of benzene rings is 2. The molecule has 0 amide bonds. The van der Waals surface area contributed by atoms with Gasteiger partial charge in [0.2, 0.25) is 0 Å². The Morgan fingerprint density at radius 1 is 1.04 bits per heavy atom. The zero-order valence-corrected chi connectivity index (χ0v) is 12.2. The van der Waals surface area contributed by atoms with Gasteiger partial charge >= 0.3 is 12.8 Å². The molecule has 23 heavy (non-hydrogen) atoms. The molecule has 124 valence electrons. The predicted molar refractivity (Wildman–Crippen MR) is 73.9 cm³/mol. The van der Waals surface area contributed by atoms with Gasteiger partial charge in [0.25, 0.3) is 0 Å². The third-order valence-electron chi connectivity index (χ3n) is 2.84. The lowest BCUT2D eigenvalue weighted by atomic mass is 10.2. The fraction of sp³-hybridized carbons (Fsp3) is 0.200. The zero-order chi connectivity index (χ0) is 17.0. The van der Waals surface area contributed by atoms with Crippen LogP contribution in [0.2, 0.25) is 5.02 Å². The summed E-state index contributed by atoms with van der Waals surface area (Å²) in [5, 5.41) is 0.107. The average Bonchev–Trinajstić information content (AvgIpc) is 2.45. The molecule has 0 aliphatic carbocycles. The van der Waals surface area contributed by atoms with Crippen molar-refractivity contribution in [1.82, 2.24) is 0 Å². The lowest BCUT2D eigenvalue weighted by molar-refractivity contribution is -0.137. The molecule has 0 unspecified atom stereocenters. The molecule has 0 N–H and O–H groups in total. The van der Waals surface area contributed by atoms with E-state index in [0.717, 1.165) is 12.1 Å². The minimum Gasteiger partial charge on any atom is -0.489 e. The van der Waals surface area contributed by atoms with Gasteiger partial charge in [-0.1, -0.05) is 23.7 Å². The second kappa shape index (κ2) is 7.04. The third kappa shape index (κ3) is 4.72. The highest BCUT2D eigenvalue weighted by atomic mass is 35.5. The quantitative estimate of drug-likeness (QED) is 0.658. The molecule has 0 aliphatic rings. The van der Waals surface area contributed by atoms with E-state index in [1.807, 2.05) is 0 Å². The number of hydrogen-bond donors (Lipinski definition) is 0. The Kier molecular flexibility index (Phi) is 5.30. The number of rotatable bonds is 5. The summed E-state index contributed by atoms with van der Waals surface area (Å²) in [6.45, 7) is -3.37. The number of alkyl halides is 5. The summed E-state index contributed by atoms with van der Waals surface area (Å²) in [5.41, 5.74) is -0.759. The van der Waals surface area contributed by atoms with E-state index in [2.05, 4.69) is 4.74 Å². The van der Waals surface area contributed by atoms with Crippen molar-refractivity contribution >= 4 is 11.6 Å². The van der Waals surface area contributed by atoms with Crippen LogP contribution in [0.1, 0.15) is 11.1 Å². The standard InChI is InChI=1S/C15H10ClF5O2/c16-12-5-2-6-13(23-14(17)18)11(12)8-22-10-4-1-3-9(7-10)15(19,20)21/h1-7,14H,8H2. The van der Waals surface area contributed by atoms with E-state index in [1.54, 1.807) is 0 Å². The molecule has 0 aromatic heterocycles. The van der Waals surface area contributed by atoms with Gasteiger partial charge < -0.3 is 9.47 Å². The predicted octanol–water partition coefficient (Wildman–Crippen LogP) is 5.54. The first-order chi connectivity index (χ1) is 10.8. The average molecular weight is 353 g/mol. The molecule has 0 fully saturated rings. The summed E-state index contributed by atoms with van der Waals surface area (Å²) in [4.78, 5) is 0. The topological polar surface area (TPSA) is 18.5 Å². The van der Waals surface area contributed by atoms with Gasteiger partial charge in [-0.05, 0) is 30.3 Å². The van der Waals surface area contributed by atoms with E-state index < -0.39 is 18.4 Å². The van der Waals surface area contributed by atoms with E-state index in [0.29, 0.717) is 0 Å². The second-order valence-corrected chi connectivity index (χ2v) is 4.82. The summed E-state index contributed by atoms with van der Waals surface area (Å²) in [7, 11) is 0. The molecule has 2 aromatic carbocycles. The molecule has 0 aliphatic heterocycles. The molecule has 8 heteroatoms. The Bertz CT molecular complexity index is 673. The first-order valence-electron chi connectivity index (χ1n) is 6.29. The van der Waals surface area contributed by atoms with E-state index in [1.165, 1.54) is 30.3 Å². The first-order valence-corrected chi connectivity index (χ1v) is 6.67. The number of hydrogen-bond acceptors (Lipinski definition) is 2. The first kappa shape index (κ1) is 17.3. The van der Waals surface area contributed by atoms with Gasteiger partial charge in [-0.2, -0.15) is 22.0 Å². The van der Waals surface area contributed by atoms with Crippen LogP contribution in [0.3, 0.4) is 0 Å². The second-order valence-electron chi connectivity index (χ2n) is 4.41. The summed E-state index contributed by atoms with van der Waals surface area (Å²) < 4.78 is 72.1. The molecule has 0 spiro atoms. The van der Waals surface area contributed by atoms with Crippen molar-refractivity contribution in [2.24, 2.45) is 0 Å². The highest BCUT2D eigenvalue weighted by molar-refractivity contribution is 6.31. The summed E-state index contributed by atoms with van der Waals surface area (Å²) in [6, 6.07) is 8.32. The molecule has 2 nitrogen and oxygen atoms in total. The van der Waals surface area contributed by atoms with Crippen LogP contribution in [0.5, 0.6) is 11.5 Å². The lowest BCUT2D eigenvalue weighted by Gasteiger charge is -2.14. The molecule has 0 saturated carbocycles. The van der Waals surface area contributed by atoms with Crippen molar-refractivity contribution < 1.29 is 31.4 Å². The largest absolute Gasteiger partial charge is 0.489 e. The summed E-state index contributed by atoms with van der Waals surface area (Å²) in [5.74, 6) is -0.262. The molecular weight excluding hydrogens is 343 g/mol. The fourth-order valence-electron chi connectivity index (χ4n) is 1.80. The molecule has 2 aromatic rings.